The minimum absolute atomic E-state index is 0.0906. The number of ether oxygens (including phenoxy) is 1. The molecule has 2 rings (SSSR count). The van der Waals surface area contributed by atoms with Crippen LogP contribution in [0.5, 0.6) is 0 Å². The lowest BCUT2D eigenvalue weighted by Gasteiger charge is -2.08. The van der Waals surface area contributed by atoms with Gasteiger partial charge in [0, 0.05) is 0 Å². The summed E-state index contributed by atoms with van der Waals surface area (Å²) in [6.45, 7) is 1.85. The summed E-state index contributed by atoms with van der Waals surface area (Å²) in [5, 5.41) is 1.74. The number of anilines is 1. The Bertz CT molecular complexity index is 738. The van der Waals surface area contributed by atoms with Crippen molar-refractivity contribution in [3.05, 3.63) is 47.1 Å². The fraction of sp³-hybridized carbons (Fsp3) is 0.154. The van der Waals surface area contributed by atoms with E-state index < -0.39 is 21.8 Å². The van der Waals surface area contributed by atoms with Crippen LogP contribution in [0.2, 0.25) is 0 Å². The fourth-order valence-corrected chi connectivity index (χ4v) is 3.66. The largest absolute Gasteiger partial charge is 0.462 e. The normalized spacial score (nSPS) is 11.1. The molecule has 0 saturated carbocycles. The van der Waals surface area contributed by atoms with Gasteiger partial charge in [0.05, 0.1) is 17.1 Å². The second-order valence-electron chi connectivity index (χ2n) is 3.94. The van der Waals surface area contributed by atoms with Gasteiger partial charge in [0.1, 0.15) is 10.8 Å². The number of hydrogen-bond donors (Lipinski definition) is 1. The summed E-state index contributed by atoms with van der Waals surface area (Å²) in [6, 6.07) is 5.88. The van der Waals surface area contributed by atoms with Gasteiger partial charge in [-0.2, -0.15) is 0 Å². The highest BCUT2D eigenvalue weighted by Crippen LogP contribution is 2.27. The average Bonchev–Trinajstić information content (AvgIpc) is 2.87. The molecule has 112 valence electrons. The number of thiophene rings is 1. The van der Waals surface area contributed by atoms with E-state index in [0.717, 1.165) is 35.6 Å². The number of rotatable bonds is 5. The van der Waals surface area contributed by atoms with Crippen molar-refractivity contribution in [2.75, 3.05) is 11.3 Å². The predicted molar refractivity (Wildman–Crippen MR) is 77.5 cm³/mol. The topological polar surface area (TPSA) is 72.5 Å². The molecule has 0 aliphatic heterocycles. The number of sulfonamides is 1. The van der Waals surface area contributed by atoms with Crippen molar-refractivity contribution in [3.63, 3.8) is 0 Å². The number of benzene rings is 1. The molecule has 0 aliphatic rings. The van der Waals surface area contributed by atoms with Crippen LogP contribution in [0.1, 0.15) is 17.3 Å². The predicted octanol–water partition coefficient (Wildman–Crippen LogP) is 2.86. The minimum Gasteiger partial charge on any atom is -0.462 e. The summed E-state index contributed by atoms with van der Waals surface area (Å²) in [6.07, 6.45) is 0. The van der Waals surface area contributed by atoms with Gasteiger partial charge in [-0.25, -0.2) is 17.6 Å². The third-order valence-corrected chi connectivity index (χ3v) is 4.84. The standard InChI is InChI=1S/C13H12FNO4S2/c1-2-19-13(16)11-7-8-20-12(11)15-21(17,18)10-5-3-9(14)4-6-10/h3-8,15H,2H2,1H3. The van der Waals surface area contributed by atoms with E-state index in [1.54, 1.807) is 12.3 Å². The van der Waals surface area contributed by atoms with E-state index in [2.05, 4.69) is 4.72 Å². The van der Waals surface area contributed by atoms with Crippen LogP contribution in [0.3, 0.4) is 0 Å². The Labute approximate surface area is 125 Å². The molecule has 1 aromatic heterocycles. The Balaban J connectivity index is 2.27. The van der Waals surface area contributed by atoms with Crippen molar-refractivity contribution in [2.45, 2.75) is 11.8 Å². The molecule has 0 atom stereocenters. The van der Waals surface area contributed by atoms with E-state index in [0.29, 0.717) is 0 Å². The fourth-order valence-electron chi connectivity index (χ4n) is 1.55. The molecule has 0 unspecified atom stereocenters. The first-order chi connectivity index (χ1) is 9.94. The molecule has 0 fully saturated rings. The maximum absolute atomic E-state index is 12.8. The summed E-state index contributed by atoms with van der Waals surface area (Å²) < 4.78 is 44.3. The Kier molecular flexibility index (Phi) is 4.59. The van der Waals surface area contributed by atoms with Gasteiger partial charge in [-0.3, -0.25) is 4.72 Å². The first kappa shape index (κ1) is 15.5. The van der Waals surface area contributed by atoms with E-state index in [1.807, 2.05) is 0 Å². The molecule has 1 heterocycles. The molecule has 0 spiro atoms. The lowest BCUT2D eigenvalue weighted by Crippen LogP contribution is -2.15. The number of carbonyl (C=O) groups excluding carboxylic acids is 1. The number of esters is 1. The third kappa shape index (κ3) is 3.59. The molecule has 5 nitrogen and oxygen atoms in total. The lowest BCUT2D eigenvalue weighted by molar-refractivity contribution is 0.0528. The monoisotopic (exact) mass is 329 g/mol. The highest BCUT2D eigenvalue weighted by molar-refractivity contribution is 7.93. The zero-order valence-corrected chi connectivity index (χ0v) is 12.6. The summed E-state index contributed by atoms with van der Waals surface area (Å²) in [4.78, 5) is 11.6. The minimum atomic E-state index is -3.88. The molecule has 0 bridgehead atoms. The number of halogens is 1. The second-order valence-corrected chi connectivity index (χ2v) is 6.54. The number of carbonyl (C=O) groups is 1. The lowest BCUT2D eigenvalue weighted by atomic mass is 10.3. The molecule has 21 heavy (non-hydrogen) atoms. The molecule has 0 radical (unpaired) electrons. The van der Waals surface area contributed by atoms with Crippen molar-refractivity contribution in [1.82, 2.24) is 0 Å². The maximum atomic E-state index is 12.8. The average molecular weight is 329 g/mol. The smallest absolute Gasteiger partial charge is 0.341 e. The Morgan fingerprint density at radius 1 is 1.29 bits per heavy atom. The van der Waals surface area contributed by atoms with Gasteiger partial charge in [-0.1, -0.05) is 0 Å². The van der Waals surface area contributed by atoms with Crippen molar-refractivity contribution in [2.24, 2.45) is 0 Å². The zero-order valence-electron chi connectivity index (χ0n) is 11.0. The summed E-state index contributed by atoms with van der Waals surface area (Å²) in [7, 11) is -3.88. The Hall–Kier alpha value is -1.93. The highest BCUT2D eigenvalue weighted by atomic mass is 32.2. The van der Waals surface area contributed by atoms with Crippen molar-refractivity contribution in [1.29, 1.82) is 0 Å². The number of hydrogen-bond acceptors (Lipinski definition) is 5. The molecular weight excluding hydrogens is 317 g/mol. The number of nitrogens with one attached hydrogen (secondary N) is 1. The molecule has 0 amide bonds. The molecular formula is C13H12FNO4S2. The van der Waals surface area contributed by atoms with Gasteiger partial charge < -0.3 is 4.74 Å². The Morgan fingerprint density at radius 2 is 1.95 bits per heavy atom. The Morgan fingerprint density at radius 3 is 2.57 bits per heavy atom. The van der Waals surface area contributed by atoms with Crippen LogP contribution >= 0.6 is 11.3 Å². The van der Waals surface area contributed by atoms with Crippen LogP contribution in [0.4, 0.5) is 9.39 Å². The van der Waals surface area contributed by atoms with E-state index in [-0.39, 0.29) is 22.1 Å². The van der Waals surface area contributed by atoms with Gasteiger partial charge in [0.2, 0.25) is 0 Å². The highest BCUT2D eigenvalue weighted by Gasteiger charge is 2.20. The summed E-state index contributed by atoms with van der Waals surface area (Å²) >= 11 is 1.06. The van der Waals surface area contributed by atoms with E-state index >= 15 is 0 Å². The van der Waals surface area contributed by atoms with Gasteiger partial charge in [0.15, 0.2) is 0 Å². The summed E-state index contributed by atoms with van der Waals surface area (Å²) in [5.41, 5.74) is 0.146. The second kappa shape index (κ2) is 6.23. The van der Waals surface area contributed by atoms with Gasteiger partial charge >= 0.3 is 5.97 Å². The van der Waals surface area contributed by atoms with Crippen molar-refractivity contribution >= 4 is 32.3 Å². The first-order valence-corrected chi connectivity index (χ1v) is 8.33. The van der Waals surface area contributed by atoms with Gasteiger partial charge in [-0.05, 0) is 42.6 Å². The molecule has 2 aromatic rings. The van der Waals surface area contributed by atoms with Crippen molar-refractivity contribution < 1.29 is 22.3 Å². The molecule has 1 N–H and O–H groups in total. The molecule has 0 saturated heterocycles. The van der Waals surface area contributed by atoms with Gasteiger partial charge in [0.25, 0.3) is 10.0 Å². The maximum Gasteiger partial charge on any atom is 0.341 e. The van der Waals surface area contributed by atoms with Gasteiger partial charge in [-0.15, -0.1) is 11.3 Å². The van der Waals surface area contributed by atoms with E-state index in [9.17, 15) is 17.6 Å². The van der Waals surface area contributed by atoms with Crippen LogP contribution in [0.25, 0.3) is 0 Å². The van der Waals surface area contributed by atoms with Crippen LogP contribution in [0.15, 0.2) is 40.6 Å². The van der Waals surface area contributed by atoms with Crippen molar-refractivity contribution in [3.8, 4) is 0 Å². The van der Waals surface area contributed by atoms with E-state index in [1.165, 1.54) is 6.07 Å². The van der Waals surface area contributed by atoms with Crippen LogP contribution < -0.4 is 4.72 Å². The first-order valence-electron chi connectivity index (χ1n) is 5.97. The third-order valence-electron chi connectivity index (χ3n) is 2.51. The zero-order chi connectivity index (χ0) is 15.5. The van der Waals surface area contributed by atoms with Crippen LogP contribution in [-0.2, 0) is 14.8 Å². The van der Waals surface area contributed by atoms with Crippen LogP contribution in [-0.4, -0.2) is 21.0 Å². The van der Waals surface area contributed by atoms with E-state index in [4.69, 9.17) is 4.74 Å². The molecule has 1 aromatic carbocycles. The quantitative estimate of drug-likeness (QED) is 0.856. The SMILES string of the molecule is CCOC(=O)c1ccsc1NS(=O)(=O)c1ccc(F)cc1. The molecule has 8 heteroatoms. The summed E-state index contributed by atoms with van der Waals surface area (Å²) in [5.74, 6) is -1.13. The molecule has 0 aliphatic carbocycles. The van der Waals surface area contributed by atoms with Crippen LogP contribution in [0, 0.1) is 5.82 Å².